The van der Waals surface area contributed by atoms with Gasteiger partial charge in [-0.05, 0) is 55.3 Å². The lowest BCUT2D eigenvalue weighted by atomic mass is 10.1. The number of benzene rings is 2. The number of urea groups is 1. The molecule has 0 aliphatic carbocycles. The molecule has 0 unspecified atom stereocenters. The van der Waals surface area contributed by atoms with Gasteiger partial charge in [0, 0.05) is 32.7 Å². The van der Waals surface area contributed by atoms with Crippen LogP contribution < -0.4 is 5.32 Å². The van der Waals surface area contributed by atoms with Gasteiger partial charge in [0.05, 0.1) is 17.1 Å². The molecule has 0 bridgehead atoms. The second kappa shape index (κ2) is 10.6. The van der Waals surface area contributed by atoms with Crippen LogP contribution in [0, 0.1) is 5.82 Å². The Morgan fingerprint density at radius 1 is 1.06 bits per heavy atom. The molecule has 3 rings (SSSR count). The van der Waals surface area contributed by atoms with Crippen molar-refractivity contribution in [2.24, 2.45) is 0 Å². The molecule has 0 atom stereocenters. The number of piperazine rings is 1. The van der Waals surface area contributed by atoms with E-state index in [9.17, 15) is 22.4 Å². The summed E-state index contributed by atoms with van der Waals surface area (Å²) < 4.78 is 45.2. The van der Waals surface area contributed by atoms with Crippen molar-refractivity contribution in [1.29, 1.82) is 0 Å². The normalized spacial score (nSPS) is 14.8. The summed E-state index contributed by atoms with van der Waals surface area (Å²) >= 11 is 0. The summed E-state index contributed by atoms with van der Waals surface area (Å²) in [5.41, 5.74) is 1.07. The molecule has 1 N–H and O–H groups in total. The number of nitrogens with one attached hydrogen (secondary N) is 1. The van der Waals surface area contributed by atoms with Crippen LogP contribution >= 0.6 is 0 Å². The SMILES string of the molecule is CCOC(=O)c1ccc(S(=O)(=O)N2CCN(C(=O)NCCc3cccc(F)c3)CC2)cc1. The fourth-order valence-corrected chi connectivity index (χ4v) is 4.80. The highest BCUT2D eigenvalue weighted by molar-refractivity contribution is 7.89. The number of nitrogens with zero attached hydrogens (tertiary/aromatic N) is 2. The van der Waals surface area contributed by atoms with Crippen LogP contribution in [0.1, 0.15) is 22.8 Å². The van der Waals surface area contributed by atoms with Crippen molar-refractivity contribution in [2.75, 3.05) is 39.3 Å². The van der Waals surface area contributed by atoms with E-state index in [1.165, 1.54) is 40.7 Å². The number of sulfonamides is 1. The van der Waals surface area contributed by atoms with E-state index < -0.39 is 16.0 Å². The average molecular weight is 464 g/mol. The van der Waals surface area contributed by atoms with Gasteiger partial charge in [-0.25, -0.2) is 22.4 Å². The predicted molar refractivity (Wildman–Crippen MR) is 116 cm³/mol. The molecule has 2 aromatic carbocycles. The molecular weight excluding hydrogens is 437 g/mol. The molecule has 0 saturated carbocycles. The summed E-state index contributed by atoms with van der Waals surface area (Å²) in [4.78, 5) is 25.7. The molecule has 8 nitrogen and oxygen atoms in total. The summed E-state index contributed by atoms with van der Waals surface area (Å²) in [6.07, 6.45) is 0.500. The maximum absolute atomic E-state index is 13.2. The van der Waals surface area contributed by atoms with Crippen molar-refractivity contribution >= 4 is 22.0 Å². The maximum atomic E-state index is 13.2. The molecule has 32 heavy (non-hydrogen) atoms. The summed E-state index contributed by atoms with van der Waals surface area (Å²) in [5.74, 6) is -0.824. The molecule has 10 heteroatoms. The lowest BCUT2D eigenvalue weighted by Gasteiger charge is -2.34. The van der Waals surface area contributed by atoms with Crippen molar-refractivity contribution in [1.82, 2.24) is 14.5 Å². The monoisotopic (exact) mass is 463 g/mol. The topological polar surface area (TPSA) is 96.0 Å². The fraction of sp³-hybridized carbons (Fsp3) is 0.364. The first kappa shape index (κ1) is 23.7. The van der Waals surface area contributed by atoms with Crippen LogP contribution in [0.2, 0.25) is 0 Å². The number of amides is 2. The highest BCUT2D eigenvalue weighted by Crippen LogP contribution is 2.19. The van der Waals surface area contributed by atoms with Gasteiger partial charge in [-0.15, -0.1) is 0 Å². The smallest absolute Gasteiger partial charge is 0.338 e. The van der Waals surface area contributed by atoms with E-state index in [0.29, 0.717) is 13.0 Å². The van der Waals surface area contributed by atoms with Crippen LogP contribution in [0.15, 0.2) is 53.4 Å². The van der Waals surface area contributed by atoms with E-state index in [-0.39, 0.29) is 55.1 Å². The van der Waals surface area contributed by atoms with Gasteiger partial charge in [-0.3, -0.25) is 0 Å². The van der Waals surface area contributed by atoms with E-state index in [0.717, 1.165) is 5.56 Å². The first-order chi connectivity index (χ1) is 15.3. The lowest BCUT2D eigenvalue weighted by Crippen LogP contribution is -2.53. The Balaban J connectivity index is 1.50. The average Bonchev–Trinajstić information content (AvgIpc) is 2.79. The first-order valence-corrected chi connectivity index (χ1v) is 11.8. The Hall–Kier alpha value is -2.98. The van der Waals surface area contributed by atoms with Crippen molar-refractivity contribution in [3.8, 4) is 0 Å². The fourth-order valence-electron chi connectivity index (χ4n) is 3.38. The van der Waals surface area contributed by atoms with Crippen molar-refractivity contribution in [3.63, 3.8) is 0 Å². The minimum atomic E-state index is -3.74. The molecule has 0 radical (unpaired) electrons. The quantitative estimate of drug-likeness (QED) is 0.636. The van der Waals surface area contributed by atoms with E-state index in [2.05, 4.69) is 5.32 Å². The third kappa shape index (κ3) is 5.83. The molecule has 1 aliphatic rings. The first-order valence-electron chi connectivity index (χ1n) is 10.4. The van der Waals surface area contributed by atoms with Crippen LogP contribution in [-0.4, -0.2) is 69.0 Å². The van der Waals surface area contributed by atoms with Gasteiger partial charge in [-0.1, -0.05) is 12.1 Å². The molecule has 2 amide bonds. The van der Waals surface area contributed by atoms with E-state index >= 15 is 0 Å². The molecular formula is C22H26FN3O5S. The minimum Gasteiger partial charge on any atom is -0.462 e. The molecule has 0 spiro atoms. The minimum absolute atomic E-state index is 0.0820. The number of hydrogen-bond donors (Lipinski definition) is 1. The van der Waals surface area contributed by atoms with Gasteiger partial charge < -0.3 is 15.0 Å². The molecule has 1 aliphatic heterocycles. The van der Waals surface area contributed by atoms with E-state index in [4.69, 9.17) is 4.74 Å². The third-order valence-electron chi connectivity index (χ3n) is 5.11. The predicted octanol–water partition coefficient (Wildman–Crippen LogP) is 2.26. The van der Waals surface area contributed by atoms with Gasteiger partial charge in [0.15, 0.2) is 0 Å². The number of esters is 1. The van der Waals surface area contributed by atoms with Crippen LogP contribution in [0.25, 0.3) is 0 Å². The molecule has 1 saturated heterocycles. The highest BCUT2D eigenvalue weighted by atomic mass is 32.2. The van der Waals surface area contributed by atoms with Crippen molar-refractivity contribution < 1.29 is 27.1 Å². The summed E-state index contributed by atoms with van der Waals surface area (Å²) in [6.45, 7) is 3.13. The zero-order valence-electron chi connectivity index (χ0n) is 17.8. The van der Waals surface area contributed by atoms with E-state index in [1.54, 1.807) is 24.0 Å². The van der Waals surface area contributed by atoms with Crippen LogP contribution in [0.3, 0.4) is 0 Å². The molecule has 0 aromatic heterocycles. The summed E-state index contributed by atoms with van der Waals surface area (Å²) in [6, 6.07) is 11.5. The van der Waals surface area contributed by atoms with Gasteiger partial charge in [0.25, 0.3) is 0 Å². The van der Waals surface area contributed by atoms with Crippen molar-refractivity contribution in [2.45, 2.75) is 18.2 Å². The summed E-state index contributed by atoms with van der Waals surface area (Å²) in [5, 5.41) is 2.79. The zero-order chi connectivity index (χ0) is 23.1. The Labute approximate surface area is 187 Å². The molecule has 172 valence electrons. The number of carbonyl (C=O) groups excluding carboxylic acids is 2. The van der Waals surface area contributed by atoms with Crippen LogP contribution in [-0.2, 0) is 21.2 Å². The van der Waals surface area contributed by atoms with Crippen LogP contribution in [0.4, 0.5) is 9.18 Å². The lowest BCUT2D eigenvalue weighted by molar-refractivity contribution is 0.0526. The Bertz CT molecular complexity index is 1050. The molecule has 1 heterocycles. The van der Waals surface area contributed by atoms with Gasteiger partial charge >= 0.3 is 12.0 Å². The standard InChI is InChI=1S/C22H26FN3O5S/c1-2-31-21(27)18-6-8-20(9-7-18)32(29,30)26-14-12-25(13-15-26)22(28)24-11-10-17-4-3-5-19(23)16-17/h3-9,16H,2,10-15H2,1H3,(H,24,28). The second-order valence-corrected chi connectivity index (χ2v) is 9.19. The van der Waals surface area contributed by atoms with Crippen LogP contribution in [0.5, 0.6) is 0 Å². The Morgan fingerprint density at radius 3 is 2.38 bits per heavy atom. The van der Waals surface area contributed by atoms with E-state index in [1.807, 2.05) is 0 Å². The second-order valence-electron chi connectivity index (χ2n) is 7.25. The molecule has 2 aromatic rings. The Kier molecular flexibility index (Phi) is 7.81. The number of carbonyl (C=O) groups is 2. The number of ether oxygens (including phenoxy) is 1. The third-order valence-corrected chi connectivity index (χ3v) is 7.02. The number of hydrogen-bond acceptors (Lipinski definition) is 5. The highest BCUT2D eigenvalue weighted by Gasteiger charge is 2.30. The largest absolute Gasteiger partial charge is 0.462 e. The van der Waals surface area contributed by atoms with Gasteiger partial charge in [0.1, 0.15) is 5.82 Å². The number of rotatable bonds is 7. The number of halogens is 1. The molecule has 1 fully saturated rings. The summed E-state index contributed by atoms with van der Waals surface area (Å²) in [7, 11) is -3.74. The Morgan fingerprint density at radius 2 is 1.75 bits per heavy atom. The van der Waals surface area contributed by atoms with Crippen molar-refractivity contribution in [3.05, 3.63) is 65.5 Å². The van der Waals surface area contributed by atoms with Gasteiger partial charge in [0.2, 0.25) is 10.0 Å². The zero-order valence-corrected chi connectivity index (χ0v) is 18.6. The maximum Gasteiger partial charge on any atom is 0.338 e. The van der Waals surface area contributed by atoms with Gasteiger partial charge in [-0.2, -0.15) is 4.31 Å².